The van der Waals surface area contributed by atoms with Crippen LogP contribution in [0.4, 0.5) is 5.69 Å². The average Bonchev–Trinajstić information content (AvgIpc) is 2.22. The van der Waals surface area contributed by atoms with Crippen molar-refractivity contribution in [3.8, 4) is 0 Å². The first kappa shape index (κ1) is 13.7. The molecular weight excluding hydrogens is 268 g/mol. The van der Waals surface area contributed by atoms with Crippen molar-refractivity contribution in [2.75, 3.05) is 17.6 Å². The fourth-order valence-corrected chi connectivity index (χ4v) is 2.24. The van der Waals surface area contributed by atoms with Crippen molar-refractivity contribution < 1.29 is 17.9 Å². The number of carbonyl (C=O) groups is 1. The Kier molecular flexibility index (Phi) is 4.30. The van der Waals surface area contributed by atoms with Gasteiger partial charge in [0.25, 0.3) is 0 Å². The van der Waals surface area contributed by atoms with E-state index in [4.69, 9.17) is 11.6 Å². The van der Waals surface area contributed by atoms with Gasteiger partial charge in [0.1, 0.15) is 0 Å². The Hall–Kier alpha value is -1.34. The van der Waals surface area contributed by atoms with E-state index in [0.29, 0.717) is 0 Å². The number of methoxy groups -OCH3 is 1. The molecule has 0 radical (unpaired) electrons. The maximum absolute atomic E-state index is 11.5. The lowest BCUT2D eigenvalue weighted by atomic mass is 10.3. The van der Waals surface area contributed by atoms with Crippen LogP contribution in [0.1, 0.15) is 5.56 Å². The molecule has 1 N–H and O–H groups in total. The average molecular weight is 279 g/mol. The topological polar surface area (TPSA) is 85.4 Å². The zero-order valence-corrected chi connectivity index (χ0v) is 10.8. The largest absolute Gasteiger partial charge is 0.468 e. The van der Waals surface area contributed by atoms with Crippen molar-refractivity contribution in [1.29, 1.82) is 0 Å². The first-order chi connectivity index (χ1) is 7.84. The second kappa shape index (κ2) is 5.33. The van der Waals surface area contributed by atoms with Gasteiger partial charge in [0.2, 0.25) is 10.0 Å². The molecule has 0 saturated heterocycles. The predicted octanol–water partition coefficient (Wildman–Crippen LogP) is 0.958. The number of pyridine rings is 1. The number of carbonyl (C=O) groups excluding carboxylic acids is 1. The lowest BCUT2D eigenvalue weighted by Crippen LogP contribution is -2.23. The molecule has 1 rings (SSSR count). The van der Waals surface area contributed by atoms with Crippen LogP contribution in [0.15, 0.2) is 12.3 Å². The number of aryl methyl sites for hydroxylation is 1. The normalized spacial score (nSPS) is 11.0. The molecule has 0 aromatic carbocycles. The Bertz CT molecular complexity index is 530. The number of nitrogens with one attached hydrogen (secondary N) is 1. The quantitative estimate of drug-likeness (QED) is 0.655. The summed E-state index contributed by atoms with van der Waals surface area (Å²) in [6.45, 7) is 1.74. The smallest absolute Gasteiger partial charge is 0.322 e. The van der Waals surface area contributed by atoms with Crippen LogP contribution >= 0.6 is 11.6 Å². The van der Waals surface area contributed by atoms with E-state index in [9.17, 15) is 13.2 Å². The minimum atomic E-state index is -3.83. The van der Waals surface area contributed by atoms with E-state index < -0.39 is 21.7 Å². The molecule has 8 heteroatoms. The van der Waals surface area contributed by atoms with Crippen LogP contribution < -0.4 is 4.72 Å². The Morgan fingerprint density at radius 1 is 1.59 bits per heavy atom. The summed E-state index contributed by atoms with van der Waals surface area (Å²) < 4.78 is 29.5. The zero-order chi connectivity index (χ0) is 13.1. The number of sulfonamides is 1. The van der Waals surface area contributed by atoms with Crippen molar-refractivity contribution in [1.82, 2.24) is 4.98 Å². The van der Waals surface area contributed by atoms with E-state index in [1.54, 1.807) is 6.92 Å². The van der Waals surface area contributed by atoms with Crippen molar-refractivity contribution in [3.63, 3.8) is 0 Å². The molecule has 0 atom stereocenters. The highest BCUT2D eigenvalue weighted by atomic mass is 35.5. The lowest BCUT2D eigenvalue weighted by molar-refractivity contribution is -0.137. The third kappa shape index (κ3) is 4.20. The molecule has 0 spiro atoms. The molecule has 0 saturated carbocycles. The molecule has 0 aliphatic rings. The van der Waals surface area contributed by atoms with Crippen molar-refractivity contribution in [2.45, 2.75) is 6.92 Å². The van der Waals surface area contributed by atoms with Crippen molar-refractivity contribution in [2.24, 2.45) is 0 Å². The molecule has 1 aromatic rings. The van der Waals surface area contributed by atoms with Gasteiger partial charge in [-0.25, -0.2) is 13.4 Å². The van der Waals surface area contributed by atoms with E-state index in [0.717, 1.165) is 12.7 Å². The van der Waals surface area contributed by atoms with Gasteiger partial charge >= 0.3 is 5.97 Å². The van der Waals surface area contributed by atoms with Crippen LogP contribution in [0.2, 0.25) is 5.15 Å². The van der Waals surface area contributed by atoms with Gasteiger partial charge in [-0.1, -0.05) is 11.6 Å². The maximum atomic E-state index is 11.5. The van der Waals surface area contributed by atoms with Gasteiger partial charge in [-0.3, -0.25) is 9.52 Å². The Morgan fingerprint density at radius 2 is 2.24 bits per heavy atom. The van der Waals surface area contributed by atoms with E-state index in [1.807, 2.05) is 0 Å². The molecule has 17 heavy (non-hydrogen) atoms. The molecule has 0 aliphatic carbocycles. The summed E-state index contributed by atoms with van der Waals surface area (Å²) in [6, 6.07) is 1.52. The molecule has 0 fully saturated rings. The highest BCUT2D eigenvalue weighted by Crippen LogP contribution is 2.20. The molecular formula is C9H11ClN2O4S. The monoisotopic (exact) mass is 278 g/mol. The van der Waals surface area contributed by atoms with Gasteiger partial charge < -0.3 is 4.74 Å². The second-order valence-electron chi connectivity index (χ2n) is 3.29. The Balaban J connectivity index is 2.90. The zero-order valence-electron chi connectivity index (χ0n) is 9.23. The standard InChI is InChI=1S/C9H11ClN2O4S/c1-6-3-7(9(10)11-4-6)12-17(14,15)5-8(13)16-2/h3-4,12H,5H2,1-2H3. The van der Waals surface area contributed by atoms with Crippen LogP contribution in [0.25, 0.3) is 0 Å². The van der Waals surface area contributed by atoms with E-state index >= 15 is 0 Å². The second-order valence-corrected chi connectivity index (χ2v) is 5.37. The molecule has 0 unspecified atom stereocenters. The predicted molar refractivity (Wildman–Crippen MR) is 63.4 cm³/mol. The summed E-state index contributed by atoms with van der Waals surface area (Å²) in [5.74, 6) is -1.62. The molecule has 1 aromatic heterocycles. The summed E-state index contributed by atoms with van der Waals surface area (Å²) >= 11 is 5.72. The van der Waals surface area contributed by atoms with Crippen LogP contribution in [-0.4, -0.2) is 32.2 Å². The van der Waals surface area contributed by atoms with Gasteiger partial charge in [0, 0.05) is 6.20 Å². The number of hydrogen-bond donors (Lipinski definition) is 1. The van der Waals surface area contributed by atoms with Crippen LogP contribution in [0.3, 0.4) is 0 Å². The fraction of sp³-hybridized carbons (Fsp3) is 0.333. The van der Waals surface area contributed by atoms with Crippen LogP contribution in [0.5, 0.6) is 0 Å². The summed E-state index contributed by atoms with van der Waals surface area (Å²) in [7, 11) is -2.72. The van der Waals surface area contributed by atoms with E-state index in [-0.39, 0.29) is 10.8 Å². The number of nitrogens with zero attached hydrogens (tertiary/aromatic N) is 1. The number of rotatable bonds is 4. The Morgan fingerprint density at radius 3 is 2.82 bits per heavy atom. The third-order valence-corrected chi connectivity index (χ3v) is 3.22. The molecule has 0 aliphatic heterocycles. The molecule has 94 valence electrons. The number of ether oxygens (including phenoxy) is 1. The number of esters is 1. The van der Waals surface area contributed by atoms with Crippen LogP contribution in [0, 0.1) is 6.92 Å². The minimum absolute atomic E-state index is 0.0176. The lowest BCUT2D eigenvalue weighted by Gasteiger charge is -2.08. The number of halogens is 1. The first-order valence-corrected chi connectivity index (χ1v) is 6.56. The van der Waals surface area contributed by atoms with Crippen molar-refractivity contribution >= 4 is 33.3 Å². The van der Waals surface area contributed by atoms with Gasteiger partial charge in [0.05, 0.1) is 12.8 Å². The summed E-state index contributed by atoms with van der Waals surface area (Å²) in [4.78, 5) is 14.7. The highest BCUT2D eigenvalue weighted by Gasteiger charge is 2.18. The number of anilines is 1. The van der Waals surface area contributed by atoms with Gasteiger partial charge in [-0.05, 0) is 18.6 Å². The molecule has 0 amide bonds. The Labute approximate surface area is 104 Å². The minimum Gasteiger partial charge on any atom is -0.468 e. The molecule has 1 heterocycles. The fourth-order valence-electron chi connectivity index (χ4n) is 1.04. The van der Waals surface area contributed by atoms with Crippen molar-refractivity contribution in [3.05, 3.63) is 23.0 Å². The first-order valence-electron chi connectivity index (χ1n) is 4.53. The van der Waals surface area contributed by atoms with E-state index in [2.05, 4.69) is 14.4 Å². The summed E-state index contributed by atoms with van der Waals surface area (Å²) in [6.07, 6.45) is 1.50. The summed E-state index contributed by atoms with van der Waals surface area (Å²) in [5, 5.41) is 0.0176. The number of hydrogen-bond acceptors (Lipinski definition) is 5. The van der Waals surface area contributed by atoms with Gasteiger partial charge in [-0.15, -0.1) is 0 Å². The van der Waals surface area contributed by atoms with Gasteiger partial charge in [-0.2, -0.15) is 0 Å². The molecule has 6 nitrogen and oxygen atoms in total. The highest BCUT2D eigenvalue weighted by molar-refractivity contribution is 7.93. The summed E-state index contributed by atoms with van der Waals surface area (Å²) in [5.41, 5.74) is 0.876. The number of aromatic nitrogens is 1. The maximum Gasteiger partial charge on any atom is 0.322 e. The van der Waals surface area contributed by atoms with E-state index in [1.165, 1.54) is 12.3 Å². The van der Waals surface area contributed by atoms with Crippen LogP contribution in [-0.2, 0) is 19.6 Å². The van der Waals surface area contributed by atoms with Gasteiger partial charge in [0.15, 0.2) is 10.9 Å². The SMILES string of the molecule is COC(=O)CS(=O)(=O)Nc1cc(C)cnc1Cl. The third-order valence-electron chi connectivity index (χ3n) is 1.78. The molecule has 0 bridgehead atoms.